The Bertz CT molecular complexity index is 1750. The van der Waals surface area contributed by atoms with Crippen LogP contribution in [0, 0.1) is 17.8 Å². The molecule has 3 rings (SSSR count). The van der Waals surface area contributed by atoms with Gasteiger partial charge in [-0.3, -0.25) is 24.2 Å². The number of aliphatic hydroxyl groups excluding tert-OH is 2. The minimum absolute atomic E-state index is 0.0399. The van der Waals surface area contributed by atoms with Gasteiger partial charge in [-0.25, -0.2) is 10.2 Å². The summed E-state index contributed by atoms with van der Waals surface area (Å²) in [6, 6.07) is 2.22. The number of Topliss-reactive ketones (excluding diaryl/α,β-unsaturated/α-hetero) is 1. The highest BCUT2D eigenvalue weighted by molar-refractivity contribution is 5.93. The average Bonchev–Trinajstić information content (AvgIpc) is 3.19. The molecule has 1 saturated heterocycles. The zero-order valence-corrected chi connectivity index (χ0v) is 33.8. The Morgan fingerprint density at radius 1 is 1.09 bits per heavy atom. The molecule has 0 spiro atoms. The number of rotatable bonds is 10. The van der Waals surface area contributed by atoms with Crippen molar-refractivity contribution in [2.24, 2.45) is 17.8 Å². The molecule has 1 fully saturated rings. The van der Waals surface area contributed by atoms with Gasteiger partial charge < -0.3 is 40.2 Å². The van der Waals surface area contributed by atoms with Gasteiger partial charge in [0.2, 0.25) is 11.8 Å². The fourth-order valence-corrected chi connectivity index (χ4v) is 6.43. The molecule has 0 aliphatic carbocycles. The molecule has 0 radical (unpaired) electrons. The number of allylic oxidation sites excluding steroid dienone is 4. The Hall–Kier alpha value is -5.38. The van der Waals surface area contributed by atoms with Crippen LogP contribution in [-0.4, -0.2) is 99.3 Å². The van der Waals surface area contributed by atoms with E-state index in [1.807, 2.05) is 0 Å². The average molecular weight is 807 g/mol. The molecule has 15 nitrogen and oxygen atoms in total. The molecule has 3 amide bonds. The molecule has 1 aromatic rings. The summed E-state index contributed by atoms with van der Waals surface area (Å²) >= 11 is 0. The lowest BCUT2D eigenvalue weighted by Crippen LogP contribution is -2.59. The number of fused-ring (bicyclic) bond motifs is 2. The van der Waals surface area contributed by atoms with Crippen LogP contribution in [0.4, 0.5) is 0 Å². The first-order valence-electron chi connectivity index (χ1n) is 19.5. The van der Waals surface area contributed by atoms with Gasteiger partial charge in [0.05, 0.1) is 18.1 Å². The van der Waals surface area contributed by atoms with Crippen molar-refractivity contribution in [3.63, 3.8) is 0 Å². The molecule has 58 heavy (non-hydrogen) atoms. The minimum atomic E-state index is -1.44. The second-order valence-corrected chi connectivity index (χ2v) is 14.9. The zero-order chi connectivity index (χ0) is 42.9. The monoisotopic (exact) mass is 806 g/mol. The Labute approximate surface area is 339 Å². The summed E-state index contributed by atoms with van der Waals surface area (Å²) in [5.74, 6) is -6.34. The van der Waals surface area contributed by atoms with E-state index >= 15 is 0 Å². The third-order valence-electron chi connectivity index (χ3n) is 9.96. The van der Waals surface area contributed by atoms with Crippen molar-refractivity contribution >= 4 is 35.4 Å². The number of amides is 3. The molecule has 1 aromatic carbocycles. The first-order chi connectivity index (χ1) is 27.5. The lowest BCUT2D eigenvalue weighted by Gasteiger charge is -2.36. The quantitative estimate of drug-likeness (QED) is 0.0869. The summed E-state index contributed by atoms with van der Waals surface area (Å²) < 4.78 is 10.9. The summed E-state index contributed by atoms with van der Waals surface area (Å²) in [5.41, 5.74) is 3.76. The number of carbonyl (C=O) groups is 6. The van der Waals surface area contributed by atoms with Crippen molar-refractivity contribution in [2.75, 3.05) is 13.2 Å². The highest BCUT2D eigenvalue weighted by Gasteiger charge is 2.39. The smallest absolute Gasteiger partial charge is 0.331 e. The molecule has 0 saturated carbocycles. The largest absolute Gasteiger partial charge is 0.508 e. The van der Waals surface area contributed by atoms with Gasteiger partial charge in [-0.1, -0.05) is 82.0 Å². The van der Waals surface area contributed by atoms with Crippen molar-refractivity contribution in [1.82, 2.24) is 21.1 Å². The van der Waals surface area contributed by atoms with Crippen LogP contribution in [0.15, 0.2) is 85.0 Å². The van der Waals surface area contributed by atoms with Crippen molar-refractivity contribution in [2.45, 2.75) is 103 Å². The summed E-state index contributed by atoms with van der Waals surface area (Å²) in [6.07, 6.45) is 9.33. The van der Waals surface area contributed by atoms with Crippen molar-refractivity contribution in [1.29, 1.82) is 0 Å². The number of nitrogens with zero attached hydrogens (tertiary/aromatic N) is 1. The van der Waals surface area contributed by atoms with E-state index in [0.29, 0.717) is 18.4 Å². The minimum Gasteiger partial charge on any atom is -0.508 e. The van der Waals surface area contributed by atoms with Crippen LogP contribution in [0.5, 0.6) is 5.75 Å². The maximum atomic E-state index is 14.3. The van der Waals surface area contributed by atoms with Crippen molar-refractivity contribution < 1.29 is 53.6 Å². The number of hydrazine groups is 1. The van der Waals surface area contributed by atoms with E-state index in [0.717, 1.165) is 0 Å². The fourth-order valence-electron chi connectivity index (χ4n) is 6.43. The van der Waals surface area contributed by atoms with Gasteiger partial charge in [0.1, 0.15) is 42.4 Å². The number of ketones is 1. The standard InChI is InChI=1S/C43H58N4O11/c1-7-24-57-36(51)20-11-14-27(4)35-19-10-8-9-18-34(50)29(6)39(52)32(22-21-28(5)48)40(53)44-37(26(2)3)41(54)45-38(30-15-12-16-31(49)25-30)42(55)47-23-13-17-33(46-47)43(56)58-35/h7-12,14-16,18,20,25-26,29,32-35,37-39,46,49-50,52H,1,13,17,19,21-24H2,2-6H3,(H,44,53)(H,45,54)/b10-8+,18-9+,20-11+,27-14+/t29-,32+,33?,34-,35-,37-,38?,39+/m0/s1. The highest BCUT2D eigenvalue weighted by atomic mass is 16.5. The normalized spacial score (nSPS) is 28.3. The van der Waals surface area contributed by atoms with Gasteiger partial charge in [-0.2, -0.15) is 0 Å². The summed E-state index contributed by atoms with van der Waals surface area (Å²) in [6.45, 7) is 11.7. The van der Waals surface area contributed by atoms with Gasteiger partial charge in [0.15, 0.2) is 0 Å². The predicted molar refractivity (Wildman–Crippen MR) is 215 cm³/mol. The predicted octanol–water partition coefficient (Wildman–Crippen LogP) is 3.19. The number of nitrogens with one attached hydrogen (secondary N) is 3. The summed E-state index contributed by atoms with van der Waals surface area (Å²) in [7, 11) is 0. The van der Waals surface area contributed by atoms with E-state index in [9.17, 15) is 44.1 Å². The maximum absolute atomic E-state index is 14.3. The van der Waals surface area contributed by atoms with Crippen LogP contribution in [0.1, 0.15) is 78.3 Å². The second-order valence-electron chi connectivity index (χ2n) is 14.9. The lowest BCUT2D eigenvalue weighted by molar-refractivity contribution is -0.156. The number of phenols is 1. The molecule has 2 bridgehead atoms. The summed E-state index contributed by atoms with van der Waals surface area (Å²) in [5, 5.41) is 39.5. The van der Waals surface area contributed by atoms with Crippen molar-refractivity contribution in [3.05, 3.63) is 90.6 Å². The molecule has 6 N–H and O–H groups in total. The molecule has 316 valence electrons. The second kappa shape index (κ2) is 23.1. The van der Waals surface area contributed by atoms with Gasteiger partial charge in [-0.15, -0.1) is 0 Å². The molecule has 8 atom stereocenters. The van der Waals surface area contributed by atoms with Crippen LogP contribution in [0.2, 0.25) is 0 Å². The van der Waals surface area contributed by atoms with E-state index in [-0.39, 0.29) is 49.5 Å². The lowest BCUT2D eigenvalue weighted by atomic mass is 9.84. The molecule has 2 aliphatic heterocycles. The number of carbonyl (C=O) groups excluding carboxylic acids is 6. The van der Waals surface area contributed by atoms with Gasteiger partial charge in [-0.05, 0) is 62.3 Å². The number of esters is 2. The van der Waals surface area contributed by atoms with E-state index in [1.165, 1.54) is 54.4 Å². The third-order valence-corrected chi connectivity index (χ3v) is 9.96. The maximum Gasteiger partial charge on any atom is 0.331 e. The van der Waals surface area contributed by atoms with Crippen LogP contribution >= 0.6 is 0 Å². The Morgan fingerprint density at radius 3 is 2.50 bits per heavy atom. The number of benzene rings is 1. The number of phenolic OH excluding ortho intramolecular Hbond substituents is 1. The van der Waals surface area contributed by atoms with E-state index in [4.69, 9.17) is 9.47 Å². The first-order valence-corrected chi connectivity index (χ1v) is 19.5. The molecule has 15 heteroatoms. The van der Waals surface area contributed by atoms with E-state index in [1.54, 1.807) is 58.1 Å². The van der Waals surface area contributed by atoms with Gasteiger partial charge in [0.25, 0.3) is 5.91 Å². The third kappa shape index (κ3) is 14.2. The number of ether oxygens (including phenoxy) is 2. The summed E-state index contributed by atoms with van der Waals surface area (Å²) in [4.78, 5) is 79.9. The van der Waals surface area contributed by atoms with Gasteiger partial charge >= 0.3 is 11.9 Å². The Balaban J connectivity index is 2.08. The van der Waals surface area contributed by atoms with Crippen LogP contribution in [-0.2, 0) is 38.2 Å². The van der Waals surface area contributed by atoms with Gasteiger partial charge in [0, 0.05) is 31.4 Å². The van der Waals surface area contributed by atoms with Crippen molar-refractivity contribution in [3.8, 4) is 5.75 Å². The molecule has 2 heterocycles. The number of aromatic hydroxyl groups is 1. The molecule has 2 unspecified atom stereocenters. The number of aliphatic hydroxyl groups is 2. The first kappa shape index (κ1) is 47.0. The SMILES string of the molecule is C=CCOC(=O)/C=C/C=C(\C)[C@@H]1C/C=C/C=C/[C@H](O)[C@H](C)[C@@H](O)[C@@H](CCC(C)=O)C(=O)N[C@@H](C(C)C)C(=O)NC(c2cccc(O)c2)C(=O)N2CCCC(N2)C(=O)O1. The molecule has 0 aromatic heterocycles. The zero-order valence-electron chi connectivity index (χ0n) is 33.8. The number of hydrogen-bond acceptors (Lipinski definition) is 12. The van der Waals surface area contributed by atoms with E-state index in [2.05, 4.69) is 22.6 Å². The van der Waals surface area contributed by atoms with Crippen LogP contribution < -0.4 is 16.1 Å². The Kier molecular flexibility index (Phi) is 18.7. The van der Waals surface area contributed by atoms with E-state index < -0.39 is 83.9 Å². The Morgan fingerprint density at radius 2 is 1.83 bits per heavy atom. The fraction of sp³-hybridized carbons (Fsp3) is 0.488. The van der Waals surface area contributed by atoms with Crippen LogP contribution in [0.3, 0.4) is 0 Å². The van der Waals surface area contributed by atoms with Crippen LogP contribution in [0.25, 0.3) is 0 Å². The number of cyclic esters (lactones) is 1. The molecular weight excluding hydrogens is 748 g/mol. The molecular formula is C43H58N4O11. The number of hydrogen-bond donors (Lipinski definition) is 6. The highest BCUT2D eigenvalue weighted by Crippen LogP contribution is 2.26. The topological polar surface area (TPSA) is 221 Å². The molecule has 2 aliphatic rings.